The number of carboxylic acids is 1. The molecule has 98 valence electrons. The molecule has 5 nitrogen and oxygen atoms in total. The summed E-state index contributed by atoms with van der Waals surface area (Å²) in [5, 5.41) is 12.2. The normalized spacial score (nSPS) is 23.6. The Morgan fingerprint density at radius 1 is 1.44 bits per heavy atom. The molecule has 2 N–H and O–H groups in total. The minimum absolute atomic E-state index is 0.227. The summed E-state index contributed by atoms with van der Waals surface area (Å²) in [6.45, 7) is 1.69. The van der Waals surface area contributed by atoms with E-state index in [0.29, 0.717) is 11.5 Å². The molecule has 0 bridgehead atoms. The smallest absolute Gasteiger partial charge is 0.337 e. The number of aromatic nitrogens is 1. The van der Waals surface area contributed by atoms with Crippen LogP contribution in [0.25, 0.3) is 0 Å². The molecule has 1 aliphatic heterocycles. The van der Waals surface area contributed by atoms with E-state index < -0.39 is 16.8 Å². The minimum Gasteiger partial charge on any atom is -0.478 e. The Morgan fingerprint density at radius 2 is 2.11 bits per heavy atom. The lowest BCUT2D eigenvalue weighted by molar-refractivity contribution is 0.0695. The van der Waals surface area contributed by atoms with Gasteiger partial charge < -0.3 is 10.4 Å². The number of aryl methyl sites for hydroxylation is 1. The molecule has 1 aromatic heterocycles. The predicted molar refractivity (Wildman–Crippen MR) is 70.5 cm³/mol. The molecule has 2 heterocycles. The Balaban J connectivity index is 2.04. The van der Waals surface area contributed by atoms with Gasteiger partial charge in [0.25, 0.3) is 0 Å². The number of hydrogen-bond donors (Lipinski definition) is 2. The largest absolute Gasteiger partial charge is 0.478 e. The first-order valence-electron chi connectivity index (χ1n) is 5.88. The highest BCUT2D eigenvalue weighted by Crippen LogP contribution is 2.16. The van der Waals surface area contributed by atoms with Crippen LogP contribution in [0.2, 0.25) is 0 Å². The molecule has 0 radical (unpaired) electrons. The number of carboxylic acid groups (broad SMARTS) is 1. The second kappa shape index (κ2) is 5.48. The number of hydrogen-bond acceptors (Lipinski definition) is 4. The summed E-state index contributed by atoms with van der Waals surface area (Å²) >= 11 is 0. The summed E-state index contributed by atoms with van der Waals surface area (Å²) in [6, 6.07) is 3.53. The van der Waals surface area contributed by atoms with Crippen molar-refractivity contribution in [2.75, 3.05) is 16.8 Å². The van der Waals surface area contributed by atoms with Gasteiger partial charge in [0.05, 0.1) is 11.3 Å². The van der Waals surface area contributed by atoms with Crippen molar-refractivity contribution >= 4 is 22.6 Å². The van der Waals surface area contributed by atoms with E-state index in [9.17, 15) is 9.00 Å². The van der Waals surface area contributed by atoms with Crippen molar-refractivity contribution in [3.63, 3.8) is 0 Å². The lowest BCUT2D eigenvalue weighted by atomic mass is 10.1. The highest BCUT2D eigenvalue weighted by atomic mass is 32.2. The second-order valence-corrected chi connectivity index (χ2v) is 6.10. The zero-order chi connectivity index (χ0) is 13.1. The molecule has 1 fully saturated rings. The van der Waals surface area contributed by atoms with Gasteiger partial charge in [0.2, 0.25) is 0 Å². The van der Waals surface area contributed by atoms with Crippen LogP contribution >= 0.6 is 0 Å². The molecule has 0 spiro atoms. The number of rotatable bonds is 3. The molecule has 0 aromatic carbocycles. The zero-order valence-electron chi connectivity index (χ0n) is 10.2. The van der Waals surface area contributed by atoms with E-state index in [4.69, 9.17) is 5.11 Å². The maximum atomic E-state index is 11.2. The van der Waals surface area contributed by atoms with Crippen LogP contribution in [0, 0.1) is 6.92 Å². The molecule has 0 saturated carbocycles. The van der Waals surface area contributed by atoms with Gasteiger partial charge in [-0.25, -0.2) is 9.78 Å². The standard InChI is InChI=1S/C12H16N2O3S/c1-8-10(12(15)16)2-3-11(13-8)14-9-4-6-18(17)7-5-9/h2-3,9H,4-7H2,1H3,(H,13,14)(H,15,16). The van der Waals surface area contributed by atoms with Crippen LogP contribution in [0.3, 0.4) is 0 Å². The van der Waals surface area contributed by atoms with E-state index in [2.05, 4.69) is 10.3 Å². The van der Waals surface area contributed by atoms with Crippen molar-refractivity contribution in [1.82, 2.24) is 4.98 Å². The molecule has 1 aliphatic rings. The van der Waals surface area contributed by atoms with E-state index in [1.807, 2.05) is 0 Å². The van der Waals surface area contributed by atoms with Gasteiger partial charge in [0.15, 0.2) is 0 Å². The first-order chi connectivity index (χ1) is 8.56. The first kappa shape index (κ1) is 13.0. The van der Waals surface area contributed by atoms with Crippen molar-refractivity contribution in [2.45, 2.75) is 25.8 Å². The Kier molecular flexibility index (Phi) is 3.96. The van der Waals surface area contributed by atoms with E-state index in [-0.39, 0.29) is 11.6 Å². The molecule has 2 rings (SSSR count). The van der Waals surface area contributed by atoms with Gasteiger partial charge in [-0.3, -0.25) is 4.21 Å². The molecule has 6 heteroatoms. The topological polar surface area (TPSA) is 79.3 Å². The zero-order valence-corrected chi connectivity index (χ0v) is 11.0. The predicted octanol–water partition coefficient (Wildman–Crippen LogP) is 1.41. The summed E-state index contributed by atoms with van der Waals surface area (Å²) in [5.41, 5.74) is 0.734. The van der Waals surface area contributed by atoms with Crippen molar-refractivity contribution in [3.05, 3.63) is 23.4 Å². The molecule has 0 aliphatic carbocycles. The van der Waals surface area contributed by atoms with Gasteiger partial charge in [-0.1, -0.05) is 0 Å². The first-order valence-corrected chi connectivity index (χ1v) is 7.37. The van der Waals surface area contributed by atoms with E-state index in [1.54, 1.807) is 19.1 Å². The third-order valence-corrected chi connectivity index (χ3v) is 4.44. The summed E-state index contributed by atoms with van der Waals surface area (Å²) < 4.78 is 11.2. The number of aromatic carboxylic acids is 1. The third-order valence-electron chi connectivity index (χ3n) is 3.06. The van der Waals surface area contributed by atoms with Crippen molar-refractivity contribution in [3.8, 4) is 0 Å². The van der Waals surface area contributed by atoms with Gasteiger partial charge in [-0.15, -0.1) is 0 Å². The number of anilines is 1. The summed E-state index contributed by atoms with van der Waals surface area (Å²) in [5.74, 6) is 1.18. The van der Waals surface area contributed by atoms with Crippen molar-refractivity contribution in [2.24, 2.45) is 0 Å². The van der Waals surface area contributed by atoms with Crippen molar-refractivity contribution < 1.29 is 14.1 Å². The lowest BCUT2D eigenvalue weighted by Crippen LogP contribution is -2.29. The summed E-state index contributed by atoms with van der Waals surface area (Å²) in [6.07, 6.45) is 1.74. The fourth-order valence-electron chi connectivity index (χ4n) is 2.01. The number of pyridine rings is 1. The van der Waals surface area contributed by atoms with Crippen LogP contribution in [0.1, 0.15) is 28.9 Å². The Labute approximate surface area is 108 Å². The second-order valence-electron chi connectivity index (χ2n) is 4.40. The molecular formula is C12H16N2O3S. The fourth-order valence-corrected chi connectivity index (χ4v) is 3.31. The van der Waals surface area contributed by atoms with E-state index in [0.717, 1.165) is 24.3 Å². The highest BCUT2D eigenvalue weighted by Gasteiger charge is 2.18. The molecule has 1 aromatic rings. The molecule has 1 saturated heterocycles. The van der Waals surface area contributed by atoms with Gasteiger partial charge in [0, 0.05) is 28.3 Å². The highest BCUT2D eigenvalue weighted by molar-refractivity contribution is 7.85. The maximum Gasteiger partial charge on any atom is 0.337 e. The van der Waals surface area contributed by atoms with E-state index in [1.165, 1.54) is 0 Å². The summed E-state index contributed by atoms with van der Waals surface area (Å²) in [4.78, 5) is 15.1. The Bertz CT molecular complexity index is 480. The average Bonchev–Trinajstić information content (AvgIpc) is 2.32. The van der Waals surface area contributed by atoms with Crippen LogP contribution in [0.15, 0.2) is 12.1 Å². The number of nitrogens with one attached hydrogen (secondary N) is 1. The maximum absolute atomic E-state index is 11.2. The molecule has 18 heavy (non-hydrogen) atoms. The number of carbonyl (C=O) groups is 1. The fraction of sp³-hybridized carbons (Fsp3) is 0.500. The van der Waals surface area contributed by atoms with Gasteiger partial charge >= 0.3 is 5.97 Å². The van der Waals surface area contributed by atoms with Gasteiger partial charge in [-0.05, 0) is 31.9 Å². The summed E-state index contributed by atoms with van der Waals surface area (Å²) in [7, 11) is -0.671. The lowest BCUT2D eigenvalue weighted by Gasteiger charge is -2.23. The quantitative estimate of drug-likeness (QED) is 0.866. The average molecular weight is 268 g/mol. The Morgan fingerprint density at radius 3 is 2.67 bits per heavy atom. The third kappa shape index (κ3) is 3.07. The van der Waals surface area contributed by atoms with Crippen LogP contribution in [0.4, 0.5) is 5.82 Å². The van der Waals surface area contributed by atoms with Crippen LogP contribution in [0.5, 0.6) is 0 Å². The van der Waals surface area contributed by atoms with Gasteiger partial charge in [0.1, 0.15) is 5.82 Å². The number of nitrogens with zero attached hydrogens (tertiary/aromatic N) is 1. The van der Waals surface area contributed by atoms with Crippen LogP contribution in [-0.2, 0) is 10.8 Å². The SMILES string of the molecule is Cc1nc(NC2CCS(=O)CC2)ccc1C(=O)O. The monoisotopic (exact) mass is 268 g/mol. The van der Waals surface area contributed by atoms with Crippen LogP contribution in [-0.4, -0.2) is 37.8 Å². The van der Waals surface area contributed by atoms with Crippen molar-refractivity contribution in [1.29, 1.82) is 0 Å². The molecule has 0 atom stereocenters. The minimum atomic E-state index is -0.959. The van der Waals surface area contributed by atoms with Gasteiger partial charge in [-0.2, -0.15) is 0 Å². The van der Waals surface area contributed by atoms with E-state index >= 15 is 0 Å². The Hall–Kier alpha value is -1.43. The van der Waals surface area contributed by atoms with Crippen LogP contribution < -0.4 is 5.32 Å². The molecule has 0 unspecified atom stereocenters. The molecule has 0 amide bonds. The molecular weight excluding hydrogens is 252 g/mol.